The maximum atomic E-state index is 13.6. The van der Waals surface area contributed by atoms with E-state index in [-0.39, 0.29) is 12.1 Å². The first-order valence-corrected chi connectivity index (χ1v) is 10.5. The summed E-state index contributed by atoms with van der Waals surface area (Å²) in [4.78, 5) is 29.3. The number of rotatable bonds is 7. The van der Waals surface area contributed by atoms with Crippen molar-refractivity contribution in [3.05, 3.63) is 83.8 Å². The molecular weight excluding hydrogens is 466 g/mol. The van der Waals surface area contributed by atoms with Crippen molar-refractivity contribution >= 4 is 22.8 Å². The molecule has 11 heteroatoms. The van der Waals surface area contributed by atoms with Gasteiger partial charge in [-0.05, 0) is 23.8 Å². The number of aromatic nitrogens is 3. The van der Waals surface area contributed by atoms with E-state index in [0.29, 0.717) is 27.9 Å². The SMILES string of the molecule is O=C(CNC(=O)c1cc(-c2ccccc2)nc2c1cnn2Cc1cccc(F)c1)NCC(F)(F)F. The van der Waals surface area contributed by atoms with E-state index in [1.54, 1.807) is 41.7 Å². The number of hydrogen-bond acceptors (Lipinski definition) is 4. The van der Waals surface area contributed by atoms with Crippen molar-refractivity contribution in [3.63, 3.8) is 0 Å². The predicted molar refractivity (Wildman–Crippen MR) is 120 cm³/mol. The topological polar surface area (TPSA) is 88.9 Å². The van der Waals surface area contributed by atoms with Crippen molar-refractivity contribution in [1.29, 1.82) is 0 Å². The number of carbonyl (C=O) groups excluding carboxylic acids is 2. The molecule has 0 unspecified atom stereocenters. The molecule has 0 spiro atoms. The van der Waals surface area contributed by atoms with Crippen LogP contribution in [0.4, 0.5) is 17.6 Å². The number of nitrogens with one attached hydrogen (secondary N) is 2. The second kappa shape index (κ2) is 9.92. The van der Waals surface area contributed by atoms with Crippen LogP contribution in [0.1, 0.15) is 15.9 Å². The maximum absolute atomic E-state index is 13.6. The summed E-state index contributed by atoms with van der Waals surface area (Å²) in [6.45, 7) is -1.95. The lowest BCUT2D eigenvalue weighted by molar-refractivity contribution is -0.137. The zero-order valence-electron chi connectivity index (χ0n) is 18.1. The molecule has 4 aromatic rings. The summed E-state index contributed by atoms with van der Waals surface area (Å²) in [5.41, 5.74) is 2.29. The van der Waals surface area contributed by atoms with Crippen LogP contribution in [-0.4, -0.2) is 45.8 Å². The number of alkyl halides is 3. The van der Waals surface area contributed by atoms with E-state index in [0.717, 1.165) is 0 Å². The number of carbonyl (C=O) groups is 2. The molecule has 0 fully saturated rings. The average molecular weight is 485 g/mol. The summed E-state index contributed by atoms with van der Waals surface area (Å²) in [5, 5.41) is 8.71. The molecule has 0 saturated carbocycles. The largest absolute Gasteiger partial charge is 0.405 e. The second-order valence-corrected chi connectivity index (χ2v) is 7.67. The molecule has 0 aliphatic heterocycles. The van der Waals surface area contributed by atoms with Gasteiger partial charge < -0.3 is 10.6 Å². The Morgan fingerprint density at radius 3 is 2.46 bits per heavy atom. The lowest BCUT2D eigenvalue weighted by Gasteiger charge is -2.11. The van der Waals surface area contributed by atoms with Gasteiger partial charge in [0, 0.05) is 5.56 Å². The van der Waals surface area contributed by atoms with Crippen molar-refractivity contribution < 1.29 is 27.2 Å². The number of halogens is 4. The van der Waals surface area contributed by atoms with Crippen molar-refractivity contribution in [2.24, 2.45) is 0 Å². The van der Waals surface area contributed by atoms with Gasteiger partial charge in [0.15, 0.2) is 5.65 Å². The summed E-state index contributed by atoms with van der Waals surface area (Å²) in [5.74, 6) is -2.06. The Morgan fingerprint density at radius 2 is 1.74 bits per heavy atom. The molecule has 7 nitrogen and oxygen atoms in total. The minimum Gasteiger partial charge on any atom is -0.345 e. The van der Waals surface area contributed by atoms with Gasteiger partial charge in [0.25, 0.3) is 5.91 Å². The third-order valence-electron chi connectivity index (χ3n) is 5.04. The van der Waals surface area contributed by atoms with Crippen molar-refractivity contribution in [2.45, 2.75) is 12.7 Å². The Bertz CT molecular complexity index is 1370. The van der Waals surface area contributed by atoms with E-state index in [9.17, 15) is 27.2 Å². The Labute approximate surface area is 196 Å². The zero-order chi connectivity index (χ0) is 25.0. The quantitative estimate of drug-likeness (QED) is 0.391. The lowest BCUT2D eigenvalue weighted by Crippen LogP contribution is -2.40. The fraction of sp³-hybridized carbons (Fsp3) is 0.167. The normalized spacial score (nSPS) is 11.4. The van der Waals surface area contributed by atoms with Gasteiger partial charge in [-0.25, -0.2) is 14.1 Å². The highest BCUT2D eigenvalue weighted by Gasteiger charge is 2.27. The van der Waals surface area contributed by atoms with Crippen LogP contribution >= 0.6 is 0 Å². The summed E-state index contributed by atoms with van der Waals surface area (Å²) in [6, 6.07) is 16.5. The third-order valence-corrected chi connectivity index (χ3v) is 5.04. The van der Waals surface area contributed by atoms with Gasteiger partial charge in [0.1, 0.15) is 12.4 Å². The van der Waals surface area contributed by atoms with Crippen LogP contribution in [0.3, 0.4) is 0 Å². The van der Waals surface area contributed by atoms with Gasteiger partial charge in [-0.1, -0.05) is 42.5 Å². The van der Waals surface area contributed by atoms with Crippen LogP contribution in [0.25, 0.3) is 22.3 Å². The van der Waals surface area contributed by atoms with E-state index in [1.807, 2.05) is 6.07 Å². The monoisotopic (exact) mass is 485 g/mol. The van der Waals surface area contributed by atoms with Gasteiger partial charge >= 0.3 is 6.18 Å². The first-order valence-electron chi connectivity index (χ1n) is 10.5. The van der Waals surface area contributed by atoms with Gasteiger partial charge in [-0.2, -0.15) is 18.3 Å². The molecule has 0 aliphatic rings. The minimum atomic E-state index is -4.56. The molecule has 35 heavy (non-hydrogen) atoms. The highest BCUT2D eigenvalue weighted by molar-refractivity contribution is 6.07. The number of fused-ring (bicyclic) bond motifs is 1. The highest BCUT2D eigenvalue weighted by Crippen LogP contribution is 2.25. The molecule has 2 N–H and O–H groups in total. The van der Waals surface area contributed by atoms with E-state index in [4.69, 9.17) is 0 Å². The molecule has 0 bridgehead atoms. The second-order valence-electron chi connectivity index (χ2n) is 7.67. The van der Waals surface area contributed by atoms with Crippen LogP contribution in [0.2, 0.25) is 0 Å². The van der Waals surface area contributed by atoms with E-state index in [2.05, 4.69) is 15.4 Å². The smallest absolute Gasteiger partial charge is 0.345 e. The lowest BCUT2D eigenvalue weighted by atomic mass is 10.1. The van der Waals surface area contributed by atoms with Crippen LogP contribution < -0.4 is 10.6 Å². The molecule has 2 aromatic carbocycles. The molecule has 2 amide bonds. The summed E-state index contributed by atoms with van der Waals surface area (Å²) in [7, 11) is 0. The molecule has 0 aliphatic carbocycles. The van der Waals surface area contributed by atoms with Crippen LogP contribution in [0.5, 0.6) is 0 Å². The number of pyridine rings is 1. The predicted octanol–water partition coefficient (Wildman–Crippen LogP) is 3.69. The Kier molecular flexibility index (Phi) is 6.76. The van der Waals surface area contributed by atoms with Crippen molar-refractivity contribution in [3.8, 4) is 11.3 Å². The molecule has 2 heterocycles. The van der Waals surface area contributed by atoms with E-state index >= 15 is 0 Å². The summed E-state index contributed by atoms with van der Waals surface area (Å²) in [6.07, 6.45) is -3.13. The minimum absolute atomic E-state index is 0.142. The van der Waals surface area contributed by atoms with Crippen LogP contribution in [0.15, 0.2) is 66.9 Å². The van der Waals surface area contributed by atoms with Crippen LogP contribution in [-0.2, 0) is 11.3 Å². The van der Waals surface area contributed by atoms with Crippen LogP contribution in [0, 0.1) is 5.82 Å². The number of benzene rings is 2. The number of hydrogen-bond donors (Lipinski definition) is 2. The van der Waals surface area contributed by atoms with Crippen molar-refractivity contribution in [2.75, 3.05) is 13.1 Å². The third kappa shape index (κ3) is 5.99. The molecule has 0 saturated heterocycles. The molecule has 0 radical (unpaired) electrons. The summed E-state index contributed by atoms with van der Waals surface area (Å²) < 4.78 is 52.1. The van der Waals surface area contributed by atoms with E-state index < -0.39 is 36.9 Å². The van der Waals surface area contributed by atoms with Crippen molar-refractivity contribution in [1.82, 2.24) is 25.4 Å². The first kappa shape index (κ1) is 23.9. The number of nitrogens with zero attached hydrogens (tertiary/aromatic N) is 3. The first-order chi connectivity index (χ1) is 16.7. The molecule has 4 rings (SSSR count). The maximum Gasteiger partial charge on any atom is 0.405 e. The highest BCUT2D eigenvalue weighted by atomic mass is 19.4. The number of amides is 2. The molecule has 0 atom stereocenters. The fourth-order valence-electron chi connectivity index (χ4n) is 3.43. The van der Waals surface area contributed by atoms with E-state index in [1.165, 1.54) is 29.1 Å². The molecular formula is C24H19F4N5O2. The Morgan fingerprint density at radius 1 is 0.971 bits per heavy atom. The zero-order valence-corrected chi connectivity index (χ0v) is 18.1. The van der Waals surface area contributed by atoms with Gasteiger partial charge in [-0.15, -0.1) is 0 Å². The standard InChI is InChI=1S/C24H19F4N5O2/c25-17-8-4-5-15(9-17)13-33-22-19(11-31-33)18(10-20(32-22)16-6-2-1-3-7-16)23(35)29-12-21(34)30-14-24(26,27)28/h1-11H,12-14H2,(H,29,35)(H,30,34). The van der Waals surface area contributed by atoms with Gasteiger partial charge in [0.05, 0.1) is 35.9 Å². The molecule has 2 aromatic heterocycles. The Balaban J connectivity index is 1.66. The van der Waals surface area contributed by atoms with Gasteiger partial charge in [-0.3, -0.25) is 9.59 Å². The Hall–Kier alpha value is -4.28. The molecule has 180 valence electrons. The fourth-order valence-corrected chi connectivity index (χ4v) is 3.43. The summed E-state index contributed by atoms with van der Waals surface area (Å²) >= 11 is 0. The average Bonchev–Trinajstić information content (AvgIpc) is 3.23. The van der Waals surface area contributed by atoms with Gasteiger partial charge in [0.2, 0.25) is 5.91 Å².